The minimum atomic E-state index is -4.79. The highest BCUT2D eigenvalue weighted by atomic mass is 35.5. The Hall–Kier alpha value is -2.48. The number of halogens is 4. The third-order valence-corrected chi connectivity index (χ3v) is 3.31. The van der Waals surface area contributed by atoms with Crippen molar-refractivity contribution >= 4 is 11.6 Å². The number of nitrogens with one attached hydrogen (secondary N) is 2. The van der Waals surface area contributed by atoms with E-state index in [0.29, 0.717) is 22.6 Å². The minimum absolute atomic E-state index is 0.153. The summed E-state index contributed by atoms with van der Waals surface area (Å²) in [7, 11) is 0. The Bertz CT molecular complexity index is 841. The third-order valence-electron chi connectivity index (χ3n) is 3.01. The van der Waals surface area contributed by atoms with Crippen LogP contribution in [0.1, 0.15) is 5.69 Å². The van der Waals surface area contributed by atoms with Crippen LogP contribution in [0.25, 0.3) is 22.6 Å². The second-order valence-electron chi connectivity index (χ2n) is 4.80. The second-order valence-corrected chi connectivity index (χ2v) is 5.20. The number of rotatable bonds is 3. The number of H-pyrrole nitrogens is 2. The summed E-state index contributed by atoms with van der Waals surface area (Å²) in [5.74, 6) is -0.457. The van der Waals surface area contributed by atoms with Gasteiger partial charge >= 0.3 is 6.36 Å². The van der Waals surface area contributed by atoms with Crippen molar-refractivity contribution in [2.75, 3.05) is 0 Å². The van der Waals surface area contributed by atoms with Crippen molar-refractivity contribution in [3.63, 3.8) is 0 Å². The second kappa shape index (κ2) is 5.62. The lowest BCUT2D eigenvalue weighted by Crippen LogP contribution is -2.17. The van der Waals surface area contributed by atoms with Crippen molar-refractivity contribution in [2.45, 2.75) is 13.3 Å². The summed E-state index contributed by atoms with van der Waals surface area (Å²) in [6.45, 7) is 1.87. The van der Waals surface area contributed by atoms with E-state index in [2.05, 4.69) is 25.1 Å². The molecular weight excluding hydrogens is 333 g/mol. The van der Waals surface area contributed by atoms with Gasteiger partial charge in [0.25, 0.3) is 0 Å². The van der Waals surface area contributed by atoms with Gasteiger partial charge < -0.3 is 4.74 Å². The average Bonchev–Trinajstić information content (AvgIpc) is 3.08. The molecule has 0 aliphatic rings. The van der Waals surface area contributed by atoms with Gasteiger partial charge in [0.05, 0.1) is 16.4 Å². The van der Waals surface area contributed by atoms with Crippen molar-refractivity contribution in [3.8, 4) is 28.4 Å². The number of benzene rings is 1. The van der Waals surface area contributed by atoms with Crippen LogP contribution in [-0.4, -0.2) is 26.8 Å². The number of aromatic amines is 2. The Kier molecular flexibility index (Phi) is 3.77. The molecule has 0 saturated heterocycles. The first-order valence-electron chi connectivity index (χ1n) is 6.45. The molecule has 2 aromatic heterocycles. The van der Waals surface area contributed by atoms with Crippen LogP contribution in [0.4, 0.5) is 13.2 Å². The van der Waals surface area contributed by atoms with Gasteiger partial charge in [-0.15, -0.1) is 13.2 Å². The number of hydrogen-bond acceptors (Lipinski definition) is 3. The van der Waals surface area contributed by atoms with E-state index in [1.165, 1.54) is 12.1 Å². The first kappa shape index (κ1) is 15.4. The number of aryl methyl sites for hydroxylation is 1. The summed E-state index contributed by atoms with van der Waals surface area (Å²) < 4.78 is 40.5. The van der Waals surface area contributed by atoms with Crippen LogP contribution in [0.5, 0.6) is 5.75 Å². The number of nitrogens with zero attached hydrogens (tertiary/aromatic N) is 2. The molecule has 0 saturated carbocycles. The molecule has 0 amide bonds. The van der Waals surface area contributed by atoms with Crippen molar-refractivity contribution < 1.29 is 17.9 Å². The lowest BCUT2D eigenvalue weighted by molar-refractivity contribution is -0.274. The summed E-state index contributed by atoms with van der Waals surface area (Å²) in [4.78, 5) is 0. The quantitative estimate of drug-likeness (QED) is 0.744. The van der Waals surface area contributed by atoms with E-state index >= 15 is 0 Å². The Morgan fingerprint density at radius 3 is 2.39 bits per heavy atom. The molecule has 0 aliphatic heterocycles. The summed E-state index contributed by atoms with van der Waals surface area (Å²) in [5, 5.41) is 13.7. The highest BCUT2D eigenvalue weighted by Crippen LogP contribution is 2.34. The molecule has 3 rings (SSSR count). The van der Waals surface area contributed by atoms with Gasteiger partial charge in [-0.2, -0.15) is 10.2 Å². The van der Waals surface area contributed by atoms with Gasteiger partial charge in [0, 0.05) is 11.3 Å². The molecule has 2 N–H and O–H groups in total. The summed E-state index contributed by atoms with van der Waals surface area (Å²) in [6, 6.07) is 7.52. The van der Waals surface area contributed by atoms with Crippen molar-refractivity contribution in [3.05, 3.63) is 41.0 Å². The molecule has 120 valence electrons. The Morgan fingerprint density at radius 1 is 1.04 bits per heavy atom. The fourth-order valence-electron chi connectivity index (χ4n) is 2.02. The van der Waals surface area contributed by atoms with Gasteiger partial charge in [-0.25, -0.2) is 0 Å². The zero-order valence-corrected chi connectivity index (χ0v) is 12.5. The van der Waals surface area contributed by atoms with Crippen LogP contribution >= 0.6 is 11.6 Å². The largest absolute Gasteiger partial charge is 0.573 e. The molecule has 0 unspecified atom stereocenters. The molecule has 0 bridgehead atoms. The minimum Gasteiger partial charge on any atom is -0.404 e. The zero-order valence-electron chi connectivity index (χ0n) is 11.7. The highest BCUT2D eigenvalue weighted by molar-refractivity contribution is 6.32. The van der Waals surface area contributed by atoms with E-state index in [0.717, 1.165) is 11.8 Å². The molecular formula is C14H10ClF3N4O. The normalized spacial score (nSPS) is 11.7. The zero-order chi connectivity index (χ0) is 16.6. The Labute approximate surface area is 133 Å². The maximum Gasteiger partial charge on any atom is 0.573 e. The summed E-state index contributed by atoms with van der Waals surface area (Å²) in [5.41, 5.74) is 3.34. The third kappa shape index (κ3) is 3.48. The average molecular weight is 343 g/mol. The maximum absolute atomic E-state index is 12.2. The topological polar surface area (TPSA) is 66.6 Å². The van der Waals surface area contributed by atoms with Crippen LogP contribution in [0.3, 0.4) is 0 Å². The van der Waals surface area contributed by atoms with Crippen molar-refractivity contribution in [1.29, 1.82) is 0 Å². The molecule has 3 aromatic rings. The van der Waals surface area contributed by atoms with Gasteiger partial charge in [-0.3, -0.25) is 10.2 Å². The molecule has 9 heteroatoms. The van der Waals surface area contributed by atoms with E-state index in [1.54, 1.807) is 6.07 Å². The molecule has 0 aliphatic carbocycles. The van der Waals surface area contributed by atoms with E-state index in [1.807, 2.05) is 13.0 Å². The van der Waals surface area contributed by atoms with Gasteiger partial charge in [0.15, 0.2) is 0 Å². The fraction of sp³-hybridized carbons (Fsp3) is 0.143. The Morgan fingerprint density at radius 2 is 1.78 bits per heavy atom. The molecule has 2 heterocycles. The lowest BCUT2D eigenvalue weighted by Gasteiger charge is -2.10. The monoisotopic (exact) mass is 342 g/mol. The fourth-order valence-corrected chi connectivity index (χ4v) is 2.24. The molecule has 0 fully saturated rings. The van der Waals surface area contributed by atoms with E-state index in [4.69, 9.17) is 11.6 Å². The molecule has 0 spiro atoms. The van der Waals surface area contributed by atoms with Crippen LogP contribution < -0.4 is 4.74 Å². The number of ether oxygens (including phenoxy) is 1. The Balaban J connectivity index is 1.88. The van der Waals surface area contributed by atoms with Crippen LogP contribution in [0.2, 0.25) is 5.02 Å². The number of aromatic nitrogens is 4. The first-order valence-corrected chi connectivity index (χ1v) is 6.83. The van der Waals surface area contributed by atoms with Crippen molar-refractivity contribution in [1.82, 2.24) is 20.4 Å². The molecule has 1 aromatic carbocycles. The number of hydrogen-bond donors (Lipinski definition) is 2. The van der Waals surface area contributed by atoms with E-state index in [-0.39, 0.29) is 5.02 Å². The van der Waals surface area contributed by atoms with E-state index < -0.39 is 12.1 Å². The summed E-state index contributed by atoms with van der Waals surface area (Å²) >= 11 is 5.83. The summed E-state index contributed by atoms with van der Waals surface area (Å²) in [6.07, 6.45) is -4.79. The number of alkyl halides is 3. The van der Waals surface area contributed by atoms with Gasteiger partial charge in [0.1, 0.15) is 11.4 Å². The SMILES string of the molecule is Cc1cc(-c2cc(-c3ccc(OC(F)(F)F)c(Cl)c3)n[nH]2)n[nH]1. The smallest absolute Gasteiger partial charge is 0.404 e. The molecule has 0 atom stereocenters. The van der Waals surface area contributed by atoms with Gasteiger partial charge in [-0.1, -0.05) is 11.6 Å². The first-order chi connectivity index (χ1) is 10.8. The molecule has 5 nitrogen and oxygen atoms in total. The van der Waals surface area contributed by atoms with E-state index in [9.17, 15) is 13.2 Å². The van der Waals surface area contributed by atoms with Crippen LogP contribution in [-0.2, 0) is 0 Å². The predicted octanol–water partition coefficient (Wildman–Crippen LogP) is 4.33. The highest BCUT2D eigenvalue weighted by Gasteiger charge is 2.32. The predicted molar refractivity (Wildman–Crippen MR) is 78.0 cm³/mol. The maximum atomic E-state index is 12.2. The van der Waals surface area contributed by atoms with Gasteiger partial charge in [-0.05, 0) is 37.3 Å². The van der Waals surface area contributed by atoms with Crippen LogP contribution in [0, 0.1) is 6.92 Å². The van der Waals surface area contributed by atoms with Crippen molar-refractivity contribution in [2.24, 2.45) is 0 Å². The molecule has 0 radical (unpaired) electrons. The van der Waals surface area contributed by atoms with Gasteiger partial charge in [0.2, 0.25) is 0 Å². The molecule has 23 heavy (non-hydrogen) atoms. The van der Waals surface area contributed by atoms with Crippen LogP contribution in [0.15, 0.2) is 30.3 Å². The standard InChI is InChI=1S/C14H10ClF3N4O/c1-7-4-11(21-19-7)12-6-10(20-22-12)8-2-3-13(9(15)5-8)23-14(16,17)18/h2-6H,1H3,(H,19,21)(H,20,22). The lowest BCUT2D eigenvalue weighted by atomic mass is 10.1.